The number of ether oxygens (including phenoxy) is 2. The number of hydrogen-bond acceptors (Lipinski definition) is 3. The lowest BCUT2D eigenvalue weighted by Crippen LogP contribution is -2.16. The molecule has 0 aliphatic heterocycles. The van der Waals surface area contributed by atoms with Crippen LogP contribution in [0.5, 0.6) is 11.5 Å². The first-order valence-corrected chi connectivity index (χ1v) is 7.06. The predicted molar refractivity (Wildman–Crippen MR) is 81.3 cm³/mol. The fourth-order valence-corrected chi connectivity index (χ4v) is 2.30. The molecule has 0 radical (unpaired) electrons. The number of halogens is 2. The van der Waals surface area contributed by atoms with Crippen molar-refractivity contribution < 1.29 is 18.3 Å². The van der Waals surface area contributed by atoms with E-state index in [9.17, 15) is 8.78 Å². The summed E-state index contributed by atoms with van der Waals surface area (Å²) >= 11 is 0. The Bertz CT molecular complexity index is 619. The van der Waals surface area contributed by atoms with Crippen molar-refractivity contribution in [3.63, 3.8) is 0 Å². The second-order valence-corrected chi connectivity index (χ2v) is 4.91. The minimum Gasteiger partial charge on any atom is -0.496 e. The van der Waals surface area contributed by atoms with Crippen LogP contribution in [-0.4, -0.2) is 20.3 Å². The quantitative estimate of drug-likeness (QED) is 0.851. The number of benzene rings is 2. The highest BCUT2D eigenvalue weighted by molar-refractivity contribution is 5.37. The second kappa shape index (κ2) is 7.75. The van der Waals surface area contributed by atoms with Crippen LogP contribution in [0.15, 0.2) is 42.5 Å². The van der Waals surface area contributed by atoms with Crippen LogP contribution in [0.4, 0.5) is 8.78 Å². The van der Waals surface area contributed by atoms with E-state index < -0.39 is 0 Å². The molecule has 0 spiro atoms. The Morgan fingerprint density at radius 1 is 1.09 bits per heavy atom. The molecule has 2 rings (SSSR count). The highest BCUT2D eigenvalue weighted by Crippen LogP contribution is 2.29. The normalized spacial score (nSPS) is 12.0. The minimum absolute atomic E-state index is 0.0980. The van der Waals surface area contributed by atoms with Gasteiger partial charge in [0.15, 0.2) is 0 Å². The van der Waals surface area contributed by atoms with E-state index >= 15 is 0 Å². The van der Waals surface area contributed by atoms with Gasteiger partial charge in [0, 0.05) is 17.5 Å². The van der Waals surface area contributed by atoms with Gasteiger partial charge in [-0.1, -0.05) is 6.07 Å². The maximum Gasteiger partial charge on any atom is 0.126 e. The molecule has 2 N–H and O–H groups in total. The van der Waals surface area contributed by atoms with Crippen LogP contribution in [-0.2, 0) is 0 Å². The summed E-state index contributed by atoms with van der Waals surface area (Å²) in [5, 5.41) is 0. The van der Waals surface area contributed by atoms with E-state index in [1.165, 1.54) is 31.4 Å². The molecule has 0 fully saturated rings. The van der Waals surface area contributed by atoms with E-state index in [1.54, 1.807) is 18.2 Å². The first-order chi connectivity index (χ1) is 10.6. The van der Waals surface area contributed by atoms with Crippen molar-refractivity contribution in [2.45, 2.75) is 12.3 Å². The Labute approximate surface area is 128 Å². The minimum atomic E-state index is -0.348. The first kappa shape index (κ1) is 16.2. The molecule has 0 aliphatic rings. The standard InChI is InChI=1S/C17H19F2NO2/c1-21-17-6-5-14(19)10-16(17)12(11-20)7-8-22-15-4-2-3-13(18)9-15/h2-6,9-10,12H,7-8,11,20H2,1H3. The van der Waals surface area contributed by atoms with Gasteiger partial charge < -0.3 is 15.2 Å². The lowest BCUT2D eigenvalue weighted by atomic mass is 9.95. The van der Waals surface area contributed by atoms with Crippen LogP contribution >= 0.6 is 0 Å². The third kappa shape index (κ3) is 4.18. The fourth-order valence-electron chi connectivity index (χ4n) is 2.30. The van der Waals surface area contributed by atoms with Gasteiger partial charge in [0.05, 0.1) is 13.7 Å². The van der Waals surface area contributed by atoms with Crippen LogP contribution in [0.3, 0.4) is 0 Å². The zero-order chi connectivity index (χ0) is 15.9. The second-order valence-electron chi connectivity index (χ2n) is 4.91. The summed E-state index contributed by atoms with van der Waals surface area (Å²) in [4.78, 5) is 0. The number of nitrogens with two attached hydrogens (primary N) is 1. The van der Waals surface area contributed by atoms with Crippen molar-refractivity contribution in [2.24, 2.45) is 5.73 Å². The van der Waals surface area contributed by atoms with Crippen LogP contribution in [0.2, 0.25) is 0 Å². The number of hydrogen-bond donors (Lipinski definition) is 1. The highest BCUT2D eigenvalue weighted by Gasteiger charge is 2.16. The SMILES string of the molecule is COc1ccc(F)cc1C(CN)CCOc1cccc(F)c1. The van der Waals surface area contributed by atoms with Gasteiger partial charge >= 0.3 is 0 Å². The Morgan fingerprint density at radius 3 is 2.55 bits per heavy atom. The molecule has 1 atom stereocenters. The van der Waals surface area contributed by atoms with Crippen molar-refractivity contribution in [3.8, 4) is 11.5 Å². The number of methoxy groups -OCH3 is 1. The molecule has 0 saturated carbocycles. The van der Waals surface area contributed by atoms with Gasteiger partial charge in [0.1, 0.15) is 23.1 Å². The molecule has 22 heavy (non-hydrogen) atoms. The topological polar surface area (TPSA) is 44.5 Å². The molecule has 0 amide bonds. The van der Waals surface area contributed by atoms with Crippen LogP contribution in [0.1, 0.15) is 17.9 Å². The Morgan fingerprint density at radius 2 is 1.86 bits per heavy atom. The van der Waals surface area contributed by atoms with Crippen molar-refractivity contribution in [1.82, 2.24) is 0 Å². The Hall–Kier alpha value is -2.14. The van der Waals surface area contributed by atoms with Crippen molar-refractivity contribution in [1.29, 1.82) is 0 Å². The van der Waals surface area contributed by atoms with Crippen molar-refractivity contribution in [2.75, 3.05) is 20.3 Å². The van der Waals surface area contributed by atoms with E-state index in [2.05, 4.69) is 0 Å². The Kier molecular flexibility index (Phi) is 5.72. The largest absolute Gasteiger partial charge is 0.496 e. The Balaban J connectivity index is 2.02. The van der Waals surface area contributed by atoms with Crippen molar-refractivity contribution in [3.05, 3.63) is 59.7 Å². The monoisotopic (exact) mass is 307 g/mol. The molecule has 2 aromatic rings. The maximum absolute atomic E-state index is 13.4. The summed E-state index contributed by atoms with van der Waals surface area (Å²) in [7, 11) is 1.54. The highest BCUT2D eigenvalue weighted by atomic mass is 19.1. The smallest absolute Gasteiger partial charge is 0.126 e. The average molecular weight is 307 g/mol. The third-order valence-electron chi connectivity index (χ3n) is 3.45. The van der Waals surface area contributed by atoms with Gasteiger partial charge in [-0.25, -0.2) is 8.78 Å². The molecule has 118 valence electrons. The van der Waals surface area contributed by atoms with Gasteiger partial charge in [0.25, 0.3) is 0 Å². The summed E-state index contributed by atoms with van der Waals surface area (Å²) in [5.74, 6) is 0.281. The van der Waals surface area contributed by atoms with Gasteiger partial charge in [-0.05, 0) is 43.3 Å². The maximum atomic E-state index is 13.4. The van der Waals surface area contributed by atoms with Crippen LogP contribution in [0.25, 0.3) is 0 Å². The number of rotatable bonds is 7. The molecular weight excluding hydrogens is 288 g/mol. The molecule has 0 bridgehead atoms. The van der Waals surface area contributed by atoms with E-state index in [4.69, 9.17) is 15.2 Å². The molecular formula is C17H19F2NO2. The van der Waals surface area contributed by atoms with Crippen LogP contribution in [0, 0.1) is 11.6 Å². The van der Waals surface area contributed by atoms with E-state index in [0.717, 1.165) is 0 Å². The fraction of sp³-hybridized carbons (Fsp3) is 0.294. The molecule has 0 aliphatic carbocycles. The molecule has 3 nitrogen and oxygen atoms in total. The molecule has 0 saturated heterocycles. The van der Waals surface area contributed by atoms with E-state index in [0.29, 0.717) is 36.6 Å². The summed E-state index contributed by atoms with van der Waals surface area (Å²) < 4.78 is 37.3. The molecule has 5 heteroatoms. The predicted octanol–water partition coefficient (Wildman–Crippen LogP) is 3.48. The van der Waals surface area contributed by atoms with Gasteiger partial charge in [-0.2, -0.15) is 0 Å². The summed E-state index contributed by atoms with van der Waals surface area (Å²) in [6.07, 6.45) is 0.576. The van der Waals surface area contributed by atoms with Gasteiger partial charge in [-0.15, -0.1) is 0 Å². The molecule has 2 aromatic carbocycles. The van der Waals surface area contributed by atoms with E-state index in [-0.39, 0.29) is 17.6 Å². The summed E-state index contributed by atoms with van der Waals surface area (Å²) in [6, 6.07) is 10.3. The van der Waals surface area contributed by atoms with Crippen molar-refractivity contribution >= 4 is 0 Å². The third-order valence-corrected chi connectivity index (χ3v) is 3.45. The first-order valence-electron chi connectivity index (χ1n) is 7.06. The zero-order valence-corrected chi connectivity index (χ0v) is 12.4. The molecule has 1 unspecified atom stereocenters. The summed E-state index contributed by atoms with van der Waals surface area (Å²) in [5.41, 5.74) is 6.50. The summed E-state index contributed by atoms with van der Waals surface area (Å²) in [6.45, 7) is 0.692. The molecule has 0 aromatic heterocycles. The average Bonchev–Trinajstić information content (AvgIpc) is 2.52. The molecule has 0 heterocycles. The van der Waals surface area contributed by atoms with Gasteiger partial charge in [-0.3, -0.25) is 0 Å². The zero-order valence-electron chi connectivity index (χ0n) is 12.4. The van der Waals surface area contributed by atoms with Gasteiger partial charge in [0.2, 0.25) is 0 Å². The van der Waals surface area contributed by atoms with Crippen LogP contribution < -0.4 is 15.2 Å². The lowest BCUT2D eigenvalue weighted by Gasteiger charge is -2.18. The van der Waals surface area contributed by atoms with E-state index in [1.807, 2.05) is 0 Å². The lowest BCUT2D eigenvalue weighted by molar-refractivity contribution is 0.295.